The van der Waals surface area contributed by atoms with Crippen LogP contribution in [0.3, 0.4) is 0 Å². The molecule has 14 rings (SSSR count). The molecule has 0 aromatic heterocycles. The molecule has 16 heteroatoms. The lowest BCUT2D eigenvalue weighted by atomic mass is 9.74. The fraction of sp³-hybridized carbons (Fsp3) is 0.495. The van der Waals surface area contributed by atoms with E-state index >= 15 is 0 Å². The number of nitrogens with two attached hydrogens (primary N) is 1. The molecule has 0 aliphatic heterocycles. The molecular formula is C97H130ClN7O8. The number of aryl methyl sites for hydroxylation is 1. The van der Waals surface area contributed by atoms with Crippen molar-refractivity contribution < 1.29 is 38.3 Å². The molecule has 7 aromatic carbocycles. The third-order valence-corrected chi connectivity index (χ3v) is 24.8. The average Bonchev–Trinajstić information content (AvgIpc) is 0.780. The van der Waals surface area contributed by atoms with E-state index < -0.39 is 33.2 Å². The molecule has 7 aromatic rings. The summed E-state index contributed by atoms with van der Waals surface area (Å²) in [6.07, 6.45) is 27.1. The smallest absolute Gasteiger partial charge is 0.157 e. The molecule has 7 atom stereocenters. The highest BCUT2D eigenvalue weighted by Gasteiger charge is 2.47. The van der Waals surface area contributed by atoms with Crippen LogP contribution in [-0.2, 0) is 72.3 Å². The Kier molecular flexibility index (Phi) is 35.4. The Balaban J connectivity index is 0.000000165. The third-order valence-electron chi connectivity index (χ3n) is 24.6. The van der Waals surface area contributed by atoms with Gasteiger partial charge in [-0.1, -0.05) is 247 Å². The van der Waals surface area contributed by atoms with Crippen LogP contribution in [0.2, 0.25) is 5.02 Å². The van der Waals surface area contributed by atoms with E-state index in [1.165, 1.54) is 11.1 Å². The van der Waals surface area contributed by atoms with Gasteiger partial charge >= 0.3 is 0 Å². The molecule has 7 N–H and O–H groups in total. The number of carbonyl (C=O) groups excluding carboxylic acids is 7. The summed E-state index contributed by atoms with van der Waals surface area (Å²) >= 11 is 5.99. The zero-order valence-corrected chi connectivity index (χ0v) is 70.0. The van der Waals surface area contributed by atoms with E-state index in [4.69, 9.17) is 22.1 Å². The number of methoxy groups -OCH3 is 1. The van der Waals surface area contributed by atoms with Crippen LogP contribution in [0.15, 0.2) is 194 Å². The zero-order valence-electron chi connectivity index (χ0n) is 69.3. The first-order valence-electron chi connectivity index (χ1n) is 42.1. The Morgan fingerprint density at radius 2 is 0.726 bits per heavy atom. The Morgan fingerprint density at radius 3 is 1.13 bits per heavy atom. The minimum Gasteiger partial charge on any atom is -0.497 e. The maximum atomic E-state index is 12.4. The molecule has 113 heavy (non-hydrogen) atoms. The molecule has 0 saturated heterocycles. The Morgan fingerprint density at radius 1 is 0.372 bits per heavy atom. The van der Waals surface area contributed by atoms with Gasteiger partial charge in [-0.25, -0.2) is 0 Å². The van der Waals surface area contributed by atoms with Crippen molar-refractivity contribution in [2.75, 3.05) is 54.9 Å². The number of ketones is 7. The van der Waals surface area contributed by atoms with E-state index in [2.05, 4.69) is 88.7 Å². The third kappa shape index (κ3) is 22.0. The number of hydrogen-bond donors (Lipinski definition) is 6. The van der Waals surface area contributed by atoms with Gasteiger partial charge in [-0.2, -0.15) is 0 Å². The predicted molar refractivity (Wildman–Crippen MR) is 459 cm³/mol. The minimum atomic E-state index is -0.709. The Labute approximate surface area is 680 Å². The van der Waals surface area contributed by atoms with Gasteiger partial charge in [0.25, 0.3) is 0 Å². The van der Waals surface area contributed by atoms with E-state index in [1.807, 2.05) is 193 Å². The SMILES string of the molecule is CCCN[C@]1(c2ccccc2)CCCCC1=O.CCN[C@]1(c2ccc(OC)cc2)CCCCC1=O.CCN[C@]1(c2ccccc2C)CCCCC1=O.CN(C)[C@]1(c2ccccc2)CCCCC1=O.CN[C@]1(c2cccc(Cl)c2)CCCCC1=O.CN[C@]1(c2ccccc2)CCCCC1=O.N[C@]1(c2ccccc2)CCCCC1=O. The number of Topliss-reactive ketones (excluding diaryl/α,β-unsaturated/α-hetero) is 7. The zero-order chi connectivity index (χ0) is 81.4. The molecule has 0 unspecified atom stereocenters. The maximum Gasteiger partial charge on any atom is 0.157 e. The number of benzene rings is 7. The van der Waals surface area contributed by atoms with Crippen LogP contribution in [0.4, 0.5) is 0 Å². The quantitative estimate of drug-likeness (QED) is 0.0471. The average molecular weight is 1560 g/mol. The van der Waals surface area contributed by atoms with Gasteiger partial charge in [0.2, 0.25) is 0 Å². The molecule has 7 saturated carbocycles. The highest BCUT2D eigenvalue weighted by Crippen LogP contribution is 2.42. The van der Waals surface area contributed by atoms with Gasteiger partial charge in [0.15, 0.2) is 40.5 Å². The second-order valence-corrected chi connectivity index (χ2v) is 32.1. The van der Waals surface area contributed by atoms with Crippen LogP contribution in [0.5, 0.6) is 5.75 Å². The van der Waals surface area contributed by atoms with Crippen LogP contribution >= 0.6 is 11.6 Å². The van der Waals surface area contributed by atoms with Crippen LogP contribution in [-0.4, -0.2) is 100 Å². The number of ether oxygens (including phenoxy) is 1. The van der Waals surface area contributed by atoms with Gasteiger partial charge in [-0.15, -0.1) is 0 Å². The van der Waals surface area contributed by atoms with Crippen LogP contribution in [0.1, 0.15) is 251 Å². The summed E-state index contributed by atoms with van der Waals surface area (Å²) in [4.78, 5) is 87.6. The largest absolute Gasteiger partial charge is 0.497 e. The number of nitrogens with zero attached hydrogens (tertiary/aromatic N) is 1. The van der Waals surface area contributed by atoms with Crippen molar-refractivity contribution >= 4 is 52.1 Å². The van der Waals surface area contributed by atoms with Crippen molar-refractivity contribution in [2.45, 2.75) is 253 Å². The van der Waals surface area contributed by atoms with Crippen molar-refractivity contribution in [1.29, 1.82) is 0 Å². The molecule has 7 aliphatic rings. The summed E-state index contributed by atoms with van der Waals surface area (Å²) in [6, 6.07) is 63.9. The van der Waals surface area contributed by atoms with Gasteiger partial charge in [0.1, 0.15) is 44.5 Å². The summed E-state index contributed by atoms with van der Waals surface area (Å²) in [5.41, 5.74) is 11.7. The van der Waals surface area contributed by atoms with Gasteiger partial charge in [0, 0.05) is 50.0 Å². The van der Waals surface area contributed by atoms with Crippen molar-refractivity contribution in [3.05, 3.63) is 244 Å². The molecule has 7 aliphatic carbocycles. The lowest BCUT2D eigenvalue weighted by molar-refractivity contribution is -0.133. The first kappa shape index (κ1) is 90.6. The molecule has 0 radical (unpaired) electrons. The summed E-state index contributed by atoms with van der Waals surface area (Å²) < 4.78 is 5.17. The highest BCUT2D eigenvalue weighted by molar-refractivity contribution is 6.30. The lowest BCUT2D eigenvalue weighted by Gasteiger charge is -2.41. The van der Waals surface area contributed by atoms with E-state index in [9.17, 15) is 33.6 Å². The van der Waals surface area contributed by atoms with E-state index in [0.717, 1.165) is 200 Å². The fourth-order valence-corrected chi connectivity index (χ4v) is 18.4. The van der Waals surface area contributed by atoms with Crippen molar-refractivity contribution in [2.24, 2.45) is 5.73 Å². The second-order valence-electron chi connectivity index (χ2n) is 31.7. The van der Waals surface area contributed by atoms with E-state index in [1.54, 1.807) is 7.11 Å². The Bertz CT molecular complexity index is 4140. The normalized spacial score (nSPS) is 25.6. The first-order valence-corrected chi connectivity index (χ1v) is 42.5. The lowest BCUT2D eigenvalue weighted by Crippen LogP contribution is -2.51. The van der Waals surface area contributed by atoms with E-state index in [0.29, 0.717) is 78.9 Å². The topological polar surface area (TPSA) is 218 Å². The first-order chi connectivity index (χ1) is 54.6. The number of nitrogens with one attached hydrogen (secondary N) is 5. The van der Waals surface area contributed by atoms with Gasteiger partial charge in [0.05, 0.1) is 7.11 Å². The van der Waals surface area contributed by atoms with Crippen LogP contribution < -0.4 is 37.1 Å². The molecule has 0 bridgehead atoms. The number of halogens is 1. The predicted octanol–water partition coefficient (Wildman–Crippen LogP) is 18.3. The summed E-state index contributed by atoms with van der Waals surface area (Å²) in [7, 11) is 9.41. The monoisotopic (exact) mass is 1560 g/mol. The fourth-order valence-electron chi connectivity index (χ4n) is 18.3. The van der Waals surface area contributed by atoms with E-state index in [-0.39, 0.29) is 17.1 Å². The van der Waals surface area contributed by atoms with Crippen molar-refractivity contribution in [3.63, 3.8) is 0 Å². The minimum absolute atomic E-state index is 0.190. The second kappa shape index (κ2) is 44.2. The molecule has 0 amide bonds. The van der Waals surface area contributed by atoms with Gasteiger partial charge < -0.3 is 37.1 Å². The summed E-state index contributed by atoms with van der Waals surface area (Å²) in [5, 5.41) is 17.5. The van der Waals surface area contributed by atoms with Crippen molar-refractivity contribution in [3.8, 4) is 5.75 Å². The number of likely N-dealkylation sites (N-methyl/N-ethyl adjacent to an activating group) is 5. The van der Waals surface area contributed by atoms with Crippen LogP contribution in [0, 0.1) is 6.92 Å². The molecule has 15 nitrogen and oxygen atoms in total. The number of rotatable bonds is 18. The molecule has 0 heterocycles. The van der Waals surface area contributed by atoms with Crippen molar-refractivity contribution in [1.82, 2.24) is 31.5 Å². The molecule has 7 fully saturated rings. The maximum absolute atomic E-state index is 12.4. The summed E-state index contributed by atoms with van der Waals surface area (Å²) in [5.74, 6) is 3.05. The number of hydrogen-bond acceptors (Lipinski definition) is 15. The molecular weight excluding hydrogens is 1430 g/mol. The standard InChI is InChI=1S/C15H21NO2.2C15H21NO.C14H19NO.C13H16ClNO.C13H17NO.C12H15NO/c1-3-16-15(11-5-4-6-14(15)17)12-7-9-13(18-2)10-8-12;1-3-16-15(11-7-6-10-14(15)17)13-9-5-4-8-12(13)2;1-2-12-16-15(11-7-6-10-14(15)17)13-8-4-3-5-9-13;1-15(2)14(11-7-6-10-13(14)16)12-8-4-3-5-9-12;1-15-13(8-3-2-7-12(13)16)10-5-4-6-11(14)9-10;1-14-13(10-6-5-9-12(13)15)11-7-3-2-4-8-11;13-12(9-5-4-8-11(12)14)10-6-2-1-3-7-10/h7-10,16H,3-6,11H2,1-2H3;4-5,8-9,16H,3,6-7,10-11H2,1-2H3;3-5,8-9,16H,2,6-7,10-12H2,1H3;3-5,8-9H,6-7,10-11H2,1-2H3;4-6,9,15H,2-3,7-8H2,1H3;2-4,7-8,14H,5-6,9-10H2,1H3;1-3,6-7H,4-5,8-9,13H2/t3*15-;14-;2*13-;12-/m0000000/s1. The van der Waals surface area contributed by atoms with Crippen LogP contribution in [0.25, 0.3) is 0 Å². The molecule has 0 spiro atoms. The van der Waals surface area contributed by atoms with Gasteiger partial charge in [-0.3, -0.25) is 38.5 Å². The Hall–Kier alpha value is -7.96. The molecule has 608 valence electrons. The number of carbonyl (C=O) groups is 7. The van der Waals surface area contributed by atoms with Gasteiger partial charge in [-0.05, 0) is 220 Å². The summed E-state index contributed by atoms with van der Waals surface area (Å²) in [6.45, 7) is 10.9. The highest BCUT2D eigenvalue weighted by atomic mass is 35.5.